The molecule has 0 bridgehead atoms. The summed E-state index contributed by atoms with van der Waals surface area (Å²) in [6, 6.07) is 12.4. The molecule has 0 saturated heterocycles. The molecule has 6 heteroatoms. The molecule has 1 aliphatic rings. The van der Waals surface area contributed by atoms with Crippen molar-refractivity contribution in [1.29, 1.82) is 10.7 Å². The summed E-state index contributed by atoms with van der Waals surface area (Å²) in [4.78, 5) is 0. The number of rotatable bonds is 2. The van der Waals surface area contributed by atoms with Crippen LogP contribution in [0.5, 0.6) is 17.2 Å². The quantitative estimate of drug-likeness (QED) is 0.880. The molecule has 2 aromatic carbocycles. The van der Waals surface area contributed by atoms with E-state index in [0.717, 1.165) is 5.56 Å². The number of methoxy groups -OCH3 is 1. The Bertz CT molecular complexity index is 829. The summed E-state index contributed by atoms with van der Waals surface area (Å²) in [5.41, 5.74) is 1.40. The summed E-state index contributed by atoms with van der Waals surface area (Å²) in [5.74, 6) is -0.642. The molecule has 0 aromatic heterocycles. The highest BCUT2D eigenvalue weighted by molar-refractivity contribution is 6.32. The van der Waals surface area contributed by atoms with Crippen molar-refractivity contribution in [2.75, 3.05) is 7.11 Å². The molecule has 2 N–H and O–H groups in total. The van der Waals surface area contributed by atoms with Crippen LogP contribution < -0.4 is 9.47 Å². The van der Waals surface area contributed by atoms with Crippen molar-refractivity contribution < 1.29 is 14.6 Å². The molecule has 2 aromatic rings. The van der Waals surface area contributed by atoms with Crippen molar-refractivity contribution in [3.05, 3.63) is 52.5 Å². The van der Waals surface area contributed by atoms with Crippen molar-refractivity contribution in [2.45, 2.75) is 5.92 Å². The van der Waals surface area contributed by atoms with Crippen LogP contribution in [0.25, 0.3) is 0 Å². The summed E-state index contributed by atoms with van der Waals surface area (Å²) in [6.07, 6.45) is 0. The van der Waals surface area contributed by atoms with Gasteiger partial charge in [-0.25, -0.2) is 0 Å². The summed E-state index contributed by atoms with van der Waals surface area (Å²) < 4.78 is 10.8. The van der Waals surface area contributed by atoms with E-state index in [1.165, 1.54) is 6.07 Å². The Morgan fingerprint density at radius 1 is 1.30 bits per heavy atom. The van der Waals surface area contributed by atoms with E-state index in [1.54, 1.807) is 19.2 Å². The van der Waals surface area contributed by atoms with Crippen molar-refractivity contribution in [2.24, 2.45) is 5.92 Å². The first kappa shape index (κ1) is 15.2. The van der Waals surface area contributed by atoms with E-state index in [-0.39, 0.29) is 16.7 Å². The van der Waals surface area contributed by atoms with Crippen LogP contribution in [0.4, 0.5) is 0 Å². The second-order valence-corrected chi connectivity index (χ2v) is 5.54. The van der Waals surface area contributed by atoms with Gasteiger partial charge in [-0.1, -0.05) is 29.8 Å². The maximum atomic E-state index is 9.77. The van der Waals surface area contributed by atoms with Crippen LogP contribution >= 0.6 is 11.6 Å². The van der Waals surface area contributed by atoms with E-state index in [4.69, 9.17) is 26.5 Å². The number of ether oxygens (including phenoxy) is 2. The Hall–Kier alpha value is -2.71. The zero-order chi connectivity index (χ0) is 16.6. The second kappa shape index (κ2) is 5.82. The molecule has 0 radical (unpaired) electrons. The average Bonchev–Trinajstić information content (AvgIpc) is 2.55. The van der Waals surface area contributed by atoms with E-state index in [1.807, 2.05) is 18.2 Å². The minimum atomic E-state index is -0.806. The maximum absolute atomic E-state index is 9.77. The lowest BCUT2D eigenvalue weighted by Crippen LogP contribution is -2.31. The fraction of sp³-hybridized carbons (Fsp3) is 0.176. The van der Waals surface area contributed by atoms with Crippen LogP contribution in [-0.4, -0.2) is 18.1 Å². The van der Waals surface area contributed by atoms with Crippen LogP contribution in [0.3, 0.4) is 0 Å². The molecule has 0 aliphatic carbocycles. The summed E-state index contributed by atoms with van der Waals surface area (Å²) in [6.45, 7) is 0. The van der Waals surface area contributed by atoms with Crippen molar-refractivity contribution in [3.8, 4) is 23.3 Å². The zero-order valence-electron chi connectivity index (χ0n) is 12.2. The lowest BCUT2D eigenvalue weighted by atomic mass is 9.78. The van der Waals surface area contributed by atoms with Gasteiger partial charge in [-0.2, -0.15) is 5.26 Å². The fourth-order valence-corrected chi connectivity index (χ4v) is 2.98. The van der Waals surface area contributed by atoms with Gasteiger partial charge in [-0.3, -0.25) is 5.41 Å². The van der Waals surface area contributed by atoms with Crippen LogP contribution in [0.15, 0.2) is 36.4 Å². The van der Waals surface area contributed by atoms with Crippen LogP contribution in [0.2, 0.25) is 5.02 Å². The molecule has 0 saturated carbocycles. The van der Waals surface area contributed by atoms with Gasteiger partial charge in [0.2, 0.25) is 5.90 Å². The highest BCUT2D eigenvalue weighted by Crippen LogP contribution is 2.47. The van der Waals surface area contributed by atoms with Gasteiger partial charge in [-0.15, -0.1) is 0 Å². The topological polar surface area (TPSA) is 86.3 Å². The third kappa shape index (κ3) is 2.47. The number of nitriles is 1. The molecule has 5 nitrogen and oxygen atoms in total. The predicted octanol–water partition coefficient (Wildman–Crippen LogP) is 3.70. The molecular weight excluding hydrogens is 316 g/mol. The fourth-order valence-electron chi connectivity index (χ4n) is 2.81. The Balaban J connectivity index is 2.27. The molecule has 2 atom stereocenters. The largest absolute Gasteiger partial charge is 0.506 e. The number of halogens is 1. The Morgan fingerprint density at radius 2 is 2.04 bits per heavy atom. The van der Waals surface area contributed by atoms with Gasteiger partial charge < -0.3 is 14.6 Å². The number of para-hydroxylation sites is 1. The van der Waals surface area contributed by atoms with Gasteiger partial charge in [0, 0.05) is 23.1 Å². The van der Waals surface area contributed by atoms with Crippen LogP contribution in [-0.2, 0) is 0 Å². The van der Waals surface area contributed by atoms with Crippen molar-refractivity contribution in [3.63, 3.8) is 0 Å². The number of nitrogens with zero attached hydrogens (tertiary/aromatic N) is 1. The second-order valence-electron chi connectivity index (χ2n) is 5.13. The van der Waals surface area contributed by atoms with E-state index in [9.17, 15) is 10.4 Å². The van der Waals surface area contributed by atoms with Gasteiger partial charge >= 0.3 is 0 Å². The summed E-state index contributed by atoms with van der Waals surface area (Å²) in [5, 5.41) is 27.5. The number of nitrogens with one attached hydrogen (secondary N) is 1. The molecule has 1 heterocycles. The molecule has 0 spiro atoms. The third-order valence-corrected chi connectivity index (χ3v) is 4.17. The van der Waals surface area contributed by atoms with Gasteiger partial charge in [0.15, 0.2) is 0 Å². The van der Waals surface area contributed by atoms with E-state index in [0.29, 0.717) is 17.1 Å². The van der Waals surface area contributed by atoms with Gasteiger partial charge in [0.05, 0.1) is 18.2 Å². The Kier molecular flexibility index (Phi) is 3.85. The zero-order valence-corrected chi connectivity index (χ0v) is 13.0. The lowest BCUT2D eigenvalue weighted by molar-refractivity contribution is 0.397. The third-order valence-electron chi connectivity index (χ3n) is 3.86. The Labute approximate surface area is 138 Å². The number of hydrogen-bond donors (Lipinski definition) is 2. The summed E-state index contributed by atoms with van der Waals surface area (Å²) >= 11 is 6.03. The standard InChI is InChI=1S/C17H13ClN2O3/c1-22-14-5-3-2-4-9(14)16-10-6-12(18)13(21)7-15(10)23-17(20)11(16)8-19/h2-7,11,16,20-21H,1H3. The van der Waals surface area contributed by atoms with Gasteiger partial charge in [-0.05, 0) is 12.1 Å². The molecule has 116 valence electrons. The normalized spacial score (nSPS) is 19.4. The van der Waals surface area contributed by atoms with E-state index in [2.05, 4.69) is 6.07 Å². The van der Waals surface area contributed by atoms with E-state index >= 15 is 0 Å². The number of fused-ring (bicyclic) bond motifs is 1. The molecule has 0 fully saturated rings. The first-order valence-electron chi connectivity index (χ1n) is 6.88. The first-order chi connectivity index (χ1) is 11.1. The van der Waals surface area contributed by atoms with E-state index < -0.39 is 11.8 Å². The van der Waals surface area contributed by atoms with Crippen LogP contribution in [0.1, 0.15) is 17.0 Å². The monoisotopic (exact) mass is 328 g/mol. The van der Waals surface area contributed by atoms with Crippen molar-refractivity contribution >= 4 is 17.5 Å². The number of phenolic OH excluding ortho intramolecular Hbond substituents is 1. The summed E-state index contributed by atoms with van der Waals surface area (Å²) in [7, 11) is 1.55. The van der Waals surface area contributed by atoms with Gasteiger partial charge in [0.1, 0.15) is 23.2 Å². The lowest BCUT2D eigenvalue weighted by Gasteiger charge is -2.31. The number of phenols is 1. The molecular formula is C17H13ClN2O3. The van der Waals surface area contributed by atoms with Gasteiger partial charge in [0.25, 0.3) is 0 Å². The average molecular weight is 329 g/mol. The molecule has 23 heavy (non-hydrogen) atoms. The number of hydrogen-bond acceptors (Lipinski definition) is 5. The minimum absolute atomic E-state index is 0.132. The molecule has 1 aliphatic heterocycles. The van der Waals surface area contributed by atoms with Crippen LogP contribution in [0, 0.1) is 22.7 Å². The SMILES string of the molecule is COc1ccccc1C1c2cc(Cl)c(O)cc2OC(=N)C1C#N. The minimum Gasteiger partial charge on any atom is -0.506 e. The highest BCUT2D eigenvalue weighted by Gasteiger charge is 2.38. The molecule has 2 unspecified atom stereocenters. The highest BCUT2D eigenvalue weighted by atomic mass is 35.5. The number of aromatic hydroxyl groups is 1. The van der Waals surface area contributed by atoms with Crippen molar-refractivity contribution in [1.82, 2.24) is 0 Å². The molecule has 3 rings (SSSR count). The Morgan fingerprint density at radius 3 is 2.74 bits per heavy atom. The maximum Gasteiger partial charge on any atom is 0.205 e. The number of benzene rings is 2. The first-order valence-corrected chi connectivity index (χ1v) is 7.25. The smallest absolute Gasteiger partial charge is 0.205 e. The predicted molar refractivity (Wildman–Crippen MR) is 85.4 cm³/mol. The molecule has 0 amide bonds.